The zero-order chi connectivity index (χ0) is 78.4. The number of hydrogen-bond donors (Lipinski definition) is 0. The summed E-state index contributed by atoms with van der Waals surface area (Å²) < 4.78 is 4.79. The summed E-state index contributed by atoms with van der Waals surface area (Å²) in [6.45, 7) is 9.42. The second kappa shape index (κ2) is 30.3. The molecule has 0 unspecified atom stereocenters. The predicted molar refractivity (Wildman–Crippen MR) is 490 cm³/mol. The van der Waals surface area contributed by atoms with Gasteiger partial charge in [0.2, 0.25) is 0 Å². The van der Waals surface area contributed by atoms with Crippen LogP contribution < -0.4 is 9.80 Å². The van der Waals surface area contributed by atoms with Crippen molar-refractivity contribution in [1.82, 2.24) is 9.13 Å². The molecule has 4 heteroatoms. The molecule has 0 atom stereocenters. The fourth-order valence-corrected chi connectivity index (χ4v) is 18.4. The summed E-state index contributed by atoms with van der Waals surface area (Å²) in [6.07, 6.45) is 0. The monoisotopic (exact) mass is 1490 g/mol. The molecule has 556 valence electrons. The van der Waals surface area contributed by atoms with Crippen molar-refractivity contribution in [3.05, 3.63) is 447 Å². The van der Waals surface area contributed by atoms with Gasteiger partial charge in [-0.2, -0.15) is 0 Å². The molecule has 2 aromatic heterocycles. The highest BCUT2D eigenvalue weighted by Crippen LogP contribution is 2.55. The van der Waals surface area contributed by atoms with Crippen LogP contribution in [0.2, 0.25) is 0 Å². The second-order valence-corrected chi connectivity index (χ2v) is 31.6. The molecule has 0 spiro atoms. The zero-order valence-corrected chi connectivity index (χ0v) is 66.2. The molecule has 20 rings (SSSR count). The zero-order valence-electron chi connectivity index (χ0n) is 66.2. The topological polar surface area (TPSA) is 16.3 Å². The van der Waals surface area contributed by atoms with Gasteiger partial charge in [-0.15, -0.1) is 0 Å². The summed E-state index contributed by atoms with van der Waals surface area (Å²) >= 11 is 0. The quantitative estimate of drug-likeness (QED) is 0.0959. The Kier molecular flexibility index (Phi) is 18.8. The normalized spacial score (nSPS) is 12.5. The van der Waals surface area contributed by atoms with Gasteiger partial charge in [-0.1, -0.05) is 380 Å². The molecule has 0 fully saturated rings. The summed E-state index contributed by atoms with van der Waals surface area (Å²) in [7, 11) is 4.43. The molecule has 4 nitrogen and oxygen atoms in total. The van der Waals surface area contributed by atoms with Gasteiger partial charge in [-0.05, 0) is 184 Å². The van der Waals surface area contributed by atoms with Crippen LogP contribution in [0.5, 0.6) is 0 Å². The highest BCUT2D eigenvalue weighted by Gasteiger charge is 2.38. The van der Waals surface area contributed by atoms with Crippen LogP contribution in [0.3, 0.4) is 0 Å². The van der Waals surface area contributed by atoms with Gasteiger partial charge >= 0.3 is 0 Å². The van der Waals surface area contributed by atoms with Crippen LogP contribution in [0.1, 0.15) is 49.9 Å². The van der Waals surface area contributed by atoms with Crippen LogP contribution in [0.15, 0.2) is 425 Å². The van der Waals surface area contributed by atoms with Crippen LogP contribution in [0.4, 0.5) is 34.1 Å². The van der Waals surface area contributed by atoms with E-state index in [1.165, 1.54) is 151 Å². The molecule has 0 saturated carbocycles. The van der Waals surface area contributed by atoms with Gasteiger partial charge in [-0.3, -0.25) is 0 Å². The van der Waals surface area contributed by atoms with Gasteiger partial charge in [0.1, 0.15) is 0 Å². The van der Waals surface area contributed by atoms with Crippen molar-refractivity contribution >= 4 is 34.1 Å². The van der Waals surface area contributed by atoms with Gasteiger partial charge in [-0.25, -0.2) is 0 Å². The molecule has 0 amide bonds. The largest absolute Gasteiger partial charge is 0.343 e. The lowest BCUT2D eigenvalue weighted by atomic mass is 9.82. The average molecular weight is 1490 g/mol. The van der Waals surface area contributed by atoms with E-state index in [0.29, 0.717) is 0 Å². The molecule has 0 aliphatic heterocycles. The third kappa shape index (κ3) is 13.0. The van der Waals surface area contributed by atoms with E-state index >= 15 is 0 Å². The van der Waals surface area contributed by atoms with Crippen molar-refractivity contribution < 1.29 is 0 Å². The molecule has 2 aliphatic rings. The fraction of sp³-hybridized carbons (Fsp3) is 0.0714. The minimum Gasteiger partial charge on any atom is -0.343 e. The second-order valence-electron chi connectivity index (χ2n) is 31.6. The summed E-state index contributed by atoms with van der Waals surface area (Å²) in [4.78, 5) is 4.82. The van der Waals surface area contributed by atoms with Crippen molar-refractivity contribution in [2.24, 2.45) is 14.1 Å². The smallest absolute Gasteiger partial charge is 0.0568 e. The van der Waals surface area contributed by atoms with E-state index < -0.39 is 0 Å². The Morgan fingerprint density at radius 3 is 0.647 bits per heavy atom. The van der Waals surface area contributed by atoms with Crippen LogP contribution in [-0.4, -0.2) is 9.13 Å². The summed E-state index contributed by atoms with van der Waals surface area (Å²) in [5.74, 6) is 0. The fourth-order valence-electron chi connectivity index (χ4n) is 18.4. The minimum absolute atomic E-state index is 0.109. The van der Waals surface area contributed by atoms with Crippen molar-refractivity contribution in [1.29, 1.82) is 0 Å². The maximum atomic E-state index is 2.42. The molecule has 116 heavy (non-hydrogen) atoms. The molecule has 16 aromatic carbocycles. The number of fused-ring (bicyclic) bond motifs is 6. The van der Waals surface area contributed by atoms with Gasteiger partial charge in [0.15, 0.2) is 0 Å². The SMILES string of the molecule is Cn1c(-c2ccccc2)c(-c2ccccc2)c(-c2ccc(N(c3ccc(-c4ccccc4)cc3)c3ccc4c(c3)C(C)(C)c3ccccc3-4)cc2)c1-c1ccccc1.Cn1c(-c2ccccc2)c(-c2ccccc2)c(-c2ccccc2)c1-c1ccc(N(c2ccc(-c3ccccc3)cc2)c2ccc3c(c2)C(C)(C)c2ccccc2-3)cc1. The van der Waals surface area contributed by atoms with E-state index in [1.54, 1.807) is 0 Å². The molecule has 0 radical (unpaired) electrons. The van der Waals surface area contributed by atoms with Crippen LogP contribution >= 0.6 is 0 Å². The molecule has 0 N–H and O–H groups in total. The van der Waals surface area contributed by atoms with Crippen LogP contribution in [0, 0.1) is 0 Å². The maximum absolute atomic E-state index is 2.42. The van der Waals surface area contributed by atoms with Gasteiger partial charge in [0.05, 0.1) is 22.8 Å². The molecular formula is C112H88N4. The Morgan fingerprint density at radius 2 is 0.362 bits per heavy atom. The number of aromatic nitrogens is 2. The highest BCUT2D eigenvalue weighted by molar-refractivity contribution is 6.04. The number of rotatable bonds is 16. The van der Waals surface area contributed by atoms with Crippen LogP contribution in [0.25, 0.3) is 134 Å². The summed E-state index contributed by atoms with van der Waals surface area (Å²) in [6, 6.07) is 154. The van der Waals surface area contributed by atoms with E-state index in [9.17, 15) is 0 Å². The first kappa shape index (κ1) is 72.0. The van der Waals surface area contributed by atoms with E-state index in [1.807, 2.05) is 0 Å². The first-order valence-corrected chi connectivity index (χ1v) is 40.3. The van der Waals surface area contributed by atoms with E-state index in [-0.39, 0.29) is 10.8 Å². The Bertz CT molecular complexity index is 6470. The van der Waals surface area contributed by atoms with Crippen molar-refractivity contribution in [3.8, 4) is 134 Å². The third-order valence-electron chi connectivity index (χ3n) is 24.0. The van der Waals surface area contributed by atoms with E-state index in [4.69, 9.17) is 0 Å². The van der Waals surface area contributed by atoms with Crippen molar-refractivity contribution in [3.63, 3.8) is 0 Å². The highest BCUT2D eigenvalue weighted by atomic mass is 15.1. The lowest BCUT2D eigenvalue weighted by Crippen LogP contribution is -2.16. The van der Waals surface area contributed by atoms with E-state index in [2.05, 4.69) is 485 Å². The Balaban J connectivity index is 0.000000155. The molecular weight excluding hydrogens is 1400 g/mol. The summed E-state index contributed by atoms with van der Waals surface area (Å²) in [5, 5.41) is 0. The standard InChI is InChI=1S/2C56H44N2/c1-56(2)50-27-17-16-26-48(50)49-37-36-47(38-51(49)56)58(45-32-28-40(29-33-45)39-18-8-4-9-19-39)46-34-30-42(31-35-46)53-52(41-20-10-5-11-21-41)54(43-22-12-6-13-23-43)57(3)55(53)44-24-14-7-15-25-44;1-56(2)50-27-17-16-26-48(50)49-37-36-47(38-51(49)56)58(45-32-28-40(29-33-45)39-18-8-4-9-19-39)46-34-30-44(31-35-46)55-53(42-22-12-6-13-23-42)52(41-20-10-5-11-21-41)54(57(55)3)43-24-14-7-15-25-43/h2*4-38H,1-3H3. The maximum Gasteiger partial charge on any atom is 0.0568 e. The Morgan fingerprint density at radius 1 is 0.172 bits per heavy atom. The van der Waals surface area contributed by atoms with Crippen LogP contribution in [-0.2, 0) is 24.9 Å². The summed E-state index contributed by atoms with van der Waals surface area (Å²) in [5.41, 5.74) is 41.3. The lowest BCUT2D eigenvalue weighted by molar-refractivity contribution is 0.660. The first-order chi connectivity index (χ1) is 56.9. The predicted octanol–water partition coefficient (Wildman–Crippen LogP) is 30.3. The Hall–Kier alpha value is -14.3. The number of nitrogens with zero attached hydrogens (tertiary/aromatic N) is 4. The van der Waals surface area contributed by atoms with Crippen molar-refractivity contribution in [2.45, 2.75) is 38.5 Å². The first-order valence-electron chi connectivity index (χ1n) is 40.3. The molecule has 2 heterocycles. The van der Waals surface area contributed by atoms with E-state index in [0.717, 1.165) is 39.7 Å². The Labute approximate surface area is 682 Å². The minimum atomic E-state index is -0.111. The number of benzene rings is 16. The average Bonchev–Trinajstić information content (AvgIpc) is 1.54. The molecule has 0 saturated heterocycles. The van der Waals surface area contributed by atoms with Gasteiger partial charge in [0, 0.05) is 81.3 Å². The van der Waals surface area contributed by atoms with Crippen molar-refractivity contribution in [2.75, 3.05) is 9.80 Å². The molecule has 0 bridgehead atoms. The van der Waals surface area contributed by atoms with Gasteiger partial charge in [0.25, 0.3) is 0 Å². The lowest BCUT2D eigenvalue weighted by Gasteiger charge is -2.28. The number of hydrogen-bond acceptors (Lipinski definition) is 2. The number of anilines is 6. The third-order valence-corrected chi connectivity index (χ3v) is 24.0. The molecule has 18 aromatic rings. The molecule has 2 aliphatic carbocycles. The van der Waals surface area contributed by atoms with Gasteiger partial charge < -0.3 is 18.9 Å².